The lowest BCUT2D eigenvalue weighted by Crippen LogP contribution is -2.43. The predicted molar refractivity (Wildman–Crippen MR) is 89.5 cm³/mol. The number of rotatable bonds is 7. The topological polar surface area (TPSA) is 106 Å². The molecule has 0 saturated heterocycles. The first kappa shape index (κ1) is 19.3. The maximum absolute atomic E-state index is 12.2. The van der Waals surface area contributed by atoms with Crippen LogP contribution in [0, 0.1) is 0 Å². The largest absolute Gasteiger partial charge is 0.357 e. The first-order valence-corrected chi connectivity index (χ1v) is 8.41. The predicted octanol–water partition coefficient (Wildman–Crippen LogP) is 0.417. The third-order valence-electron chi connectivity index (χ3n) is 2.67. The van der Waals surface area contributed by atoms with E-state index in [1.54, 1.807) is 0 Å². The van der Waals surface area contributed by atoms with E-state index < -0.39 is 16.3 Å². The number of benzene rings is 1. The van der Waals surface area contributed by atoms with E-state index >= 15 is 0 Å². The van der Waals surface area contributed by atoms with Crippen LogP contribution in [0.4, 0.5) is 5.69 Å². The van der Waals surface area contributed by atoms with Gasteiger partial charge in [-0.05, 0) is 36.5 Å². The number of carbonyl (C=O) groups is 1. The van der Waals surface area contributed by atoms with Crippen molar-refractivity contribution < 1.29 is 22.7 Å². The zero-order chi connectivity index (χ0) is 17.5. The highest BCUT2D eigenvalue weighted by Crippen LogP contribution is 2.13. The van der Waals surface area contributed by atoms with Gasteiger partial charge in [-0.3, -0.25) is 9.52 Å². The van der Waals surface area contributed by atoms with Crippen molar-refractivity contribution in [2.24, 2.45) is 0 Å². The Morgan fingerprint density at radius 2 is 1.78 bits per heavy atom. The second-order valence-corrected chi connectivity index (χ2v) is 6.51. The van der Waals surface area contributed by atoms with Crippen molar-refractivity contribution in [2.45, 2.75) is 18.1 Å². The standard InChI is InChI=1S/C13H19N3O5S2/c1-9(17)15-10-4-6-11(7-5-10)23(18,19)16-13(22)14-8-12(20-2)21-3/h4-7,12H,8H2,1-3H3,(H,15,17)(H2,14,16,22). The molecule has 0 atom stereocenters. The lowest BCUT2D eigenvalue weighted by molar-refractivity contribution is -0.114. The molecule has 0 unspecified atom stereocenters. The molecular formula is C13H19N3O5S2. The van der Waals surface area contributed by atoms with E-state index in [0.717, 1.165) is 0 Å². The van der Waals surface area contributed by atoms with Gasteiger partial charge >= 0.3 is 0 Å². The Bertz CT molecular complexity index is 642. The molecule has 1 rings (SSSR count). The molecule has 23 heavy (non-hydrogen) atoms. The molecule has 0 aliphatic rings. The Hall–Kier alpha value is -1.75. The molecule has 0 fully saturated rings. The molecular weight excluding hydrogens is 342 g/mol. The number of carbonyl (C=O) groups excluding carboxylic acids is 1. The summed E-state index contributed by atoms with van der Waals surface area (Å²) < 4.78 is 36.5. The molecule has 0 aliphatic carbocycles. The smallest absolute Gasteiger partial charge is 0.263 e. The molecule has 3 N–H and O–H groups in total. The van der Waals surface area contributed by atoms with Crippen LogP contribution in [0.25, 0.3) is 0 Å². The fourth-order valence-electron chi connectivity index (χ4n) is 1.58. The van der Waals surface area contributed by atoms with Crippen LogP contribution in [0.2, 0.25) is 0 Å². The summed E-state index contributed by atoms with van der Waals surface area (Å²) in [6.45, 7) is 1.55. The highest BCUT2D eigenvalue weighted by Gasteiger charge is 2.16. The highest BCUT2D eigenvalue weighted by atomic mass is 32.2. The van der Waals surface area contributed by atoms with E-state index in [1.165, 1.54) is 45.4 Å². The van der Waals surface area contributed by atoms with E-state index in [1.807, 2.05) is 0 Å². The van der Waals surface area contributed by atoms with Gasteiger partial charge in [0.25, 0.3) is 10.0 Å². The maximum atomic E-state index is 12.2. The summed E-state index contributed by atoms with van der Waals surface area (Å²) in [5.41, 5.74) is 0.500. The molecule has 1 aromatic rings. The molecule has 1 amide bonds. The van der Waals surface area contributed by atoms with Crippen molar-refractivity contribution in [3.8, 4) is 0 Å². The molecule has 0 saturated carbocycles. The summed E-state index contributed by atoms with van der Waals surface area (Å²) in [5.74, 6) is -0.241. The van der Waals surface area contributed by atoms with Crippen LogP contribution in [0.5, 0.6) is 0 Å². The Morgan fingerprint density at radius 3 is 2.26 bits per heavy atom. The number of thiocarbonyl (C=S) groups is 1. The number of hydrogen-bond acceptors (Lipinski definition) is 6. The number of ether oxygens (including phenoxy) is 2. The van der Waals surface area contributed by atoms with Crippen LogP contribution in [-0.2, 0) is 24.3 Å². The Balaban J connectivity index is 2.67. The molecule has 0 spiro atoms. The quantitative estimate of drug-likeness (QED) is 0.477. The number of hydrogen-bond donors (Lipinski definition) is 3. The minimum absolute atomic E-state index is 0.0192. The molecule has 8 nitrogen and oxygen atoms in total. The van der Waals surface area contributed by atoms with E-state index in [-0.39, 0.29) is 22.5 Å². The first-order valence-electron chi connectivity index (χ1n) is 6.52. The Labute approximate surface area is 140 Å². The van der Waals surface area contributed by atoms with Crippen molar-refractivity contribution in [1.29, 1.82) is 0 Å². The number of methoxy groups -OCH3 is 2. The zero-order valence-electron chi connectivity index (χ0n) is 13.0. The molecule has 0 aliphatic heterocycles. The number of sulfonamides is 1. The monoisotopic (exact) mass is 361 g/mol. The number of amides is 1. The first-order chi connectivity index (χ1) is 10.8. The lowest BCUT2D eigenvalue weighted by Gasteiger charge is -2.16. The van der Waals surface area contributed by atoms with Gasteiger partial charge in [0.1, 0.15) is 0 Å². The second kappa shape index (κ2) is 8.77. The minimum atomic E-state index is -3.81. The van der Waals surface area contributed by atoms with Gasteiger partial charge in [-0.2, -0.15) is 0 Å². The SMILES string of the molecule is COC(CNC(=S)NS(=O)(=O)c1ccc(NC(C)=O)cc1)OC. The summed E-state index contributed by atoms with van der Waals surface area (Å²) in [6, 6.07) is 5.70. The van der Waals surface area contributed by atoms with Gasteiger partial charge < -0.3 is 20.1 Å². The van der Waals surface area contributed by atoms with Crippen LogP contribution in [0.1, 0.15) is 6.92 Å². The second-order valence-electron chi connectivity index (χ2n) is 4.42. The van der Waals surface area contributed by atoms with Crippen LogP contribution >= 0.6 is 12.2 Å². The van der Waals surface area contributed by atoms with Crippen LogP contribution in [0.15, 0.2) is 29.2 Å². The van der Waals surface area contributed by atoms with E-state index in [9.17, 15) is 13.2 Å². The van der Waals surface area contributed by atoms with Gasteiger partial charge in [0.2, 0.25) is 5.91 Å². The molecule has 1 aromatic carbocycles. The van der Waals surface area contributed by atoms with Crippen LogP contribution < -0.4 is 15.4 Å². The fraction of sp³-hybridized carbons (Fsp3) is 0.385. The highest BCUT2D eigenvalue weighted by molar-refractivity contribution is 7.91. The fourth-order valence-corrected chi connectivity index (χ4v) is 2.92. The summed E-state index contributed by atoms with van der Waals surface area (Å²) in [5, 5.41) is 5.16. The van der Waals surface area contributed by atoms with Crippen molar-refractivity contribution in [2.75, 3.05) is 26.1 Å². The summed E-state index contributed by atoms with van der Waals surface area (Å²) in [4.78, 5) is 10.9. The molecule has 10 heteroatoms. The third-order valence-corrected chi connectivity index (χ3v) is 4.41. The van der Waals surface area contributed by atoms with E-state index in [4.69, 9.17) is 21.7 Å². The number of anilines is 1. The van der Waals surface area contributed by atoms with Gasteiger partial charge in [-0.25, -0.2) is 8.42 Å². The van der Waals surface area contributed by atoms with Crippen molar-refractivity contribution in [1.82, 2.24) is 10.0 Å². The summed E-state index contributed by atoms with van der Waals surface area (Å²) in [7, 11) is -0.898. The van der Waals surface area contributed by atoms with Gasteiger partial charge in [0.15, 0.2) is 11.4 Å². The molecule has 128 valence electrons. The van der Waals surface area contributed by atoms with Gasteiger partial charge in [0, 0.05) is 26.8 Å². The third kappa shape index (κ3) is 6.48. The van der Waals surface area contributed by atoms with Gasteiger partial charge in [-0.15, -0.1) is 0 Å². The van der Waals surface area contributed by atoms with E-state index in [0.29, 0.717) is 5.69 Å². The van der Waals surface area contributed by atoms with Crippen molar-refractivity contribution >= 4 is 38.9 Å². The molecule has 0 bridgehead atoms. The van der Waals surface area contributed by atoms with E-state index in [2.05, 4.69) is 15.4 Å². The molecule has 0 heterocycles. The average molecular weight is 361 g/mol. The molecule has 0 aromatic heterocycles. The average Bonchev–Trinajstić information content (AvgIpc) is 2.47. The summed E-state index contributed by atoms with van der Waals surface area (Å²) in [6.07, 6.45) is -0.547. The Morgan fingerprint density at radius 1 is 1.22 bits per heavy atom. The molecule has 0 radical (unpaired) electrons. The van der Waals surface area contributed by atoms with Gasteiger partial charge in [-0.1, -0.05) is 0 Å². The lowest BCUT2D eigenvalue weighted by atomic mass is 10.3. The van der Waals surface area contributed by atoms with Gasteiger partial charge in [0.05, 0.1) is 11.4 Å². The maximum Gasteiger partial charge on any atom is 0.263 e. The normalized spacial score (nSPS) is 11.1. The Kier molecular flexibility index (Phi) is 7.36. The summed E-state index contributed by atoms with van der Waals surface area (Å²) >= 11 is 4.93. The number of nitrogens with one attached hydrogen (secondary N) is 3. The van der Waals surface area contributed by atoms with Crippen molar-refractivity contribution in [3.63, 3.8) is 0 Å². The van der Waals surface area contributed by atoms with Crippen LogP contribution in [-0.4, -0.2) is 46.5 Å². The van der Waals surface area contributed by atoms with Crippen LogP contribution in [0.3, 0.4) is 0 Å². The minimum Gasteiger partial charge on any atom is -0.357 e. The van der Waals surface area contributed by atoms with Crippen molar-refractivity contribution in [3.05, 3.63) is 24.3 Å². The zero-order valence-corrected chi connectivity index (χ0v) is 14.6.